The molecule has 0 unspecified atom stereocenters. The average Bonchev–Trinajstić information content (AvgIpc) is 2.94. The van der Waals surface area contributed by atoms with Gasteiger partial charge in [0.15, 0.2) is 5.76 Å². The molecule has 0 aromatic carbocycles. The molecule has 18 heavy (non-hydrogen) atoms. The molecule has 2 rings (SSSR count). The van der Waals surface area contributed by atoms with Gasteiger partial charge in [-0.1, -0.05) is 0 Å². The van der Waals surface area contributed by atoms with Crippen LogP contribution in [0.5, 0.6) is 0 Å². The standard InChI is InChI=1S/C12H13NO4S/c1-16-6-4-10-13-12(8-3-2-5-17-8)9(18-10)7-11(14)15/h2-3,5H,4,6-7H2,1H3,(H,14,15). The summed E-state index contributed by atoms with van der Waals surface area (Å²) in [6.07, 6.45) is 2.18. The summed E-state index contributed by atoms with van der Waals surface area (Å²) in [5, 5.41) is 9.76. The van der Waals surface area contributed by atoms with Gasteiger partial charge in [-0.15, -0.1) is 11.3 Å². The van der Waals surface area contributed by atoms with Crippen LogP contribution in [-0.4, -0.2) is 29.8 Å². The van der Waals surface area contributed by atoms with E-state index in [0.29, 0.717) is 29.4 Å². The molecule has 0 amide bonds. The van der Waals surface area contributed by atoms with Crippen LogP contribution in [0.25, 0.3) is 11.5 Å². The maximum absolute atomic E-state index is 10.8. The highest BCUT2D eigenvalue weighted by Gasteiger charge is 2.17. The number of nitrogens with zero attached hydrogens (tertiary/aromatic N) is 1. The quantitative estimate of drug-likeness (QED) is 0.868. The number of hydrogen-bond acceptors (Lipinski definition) is 5. The molecule has 0 bridgehead atoms. The maximum atomic E-state index is 10.8. The number of carbonyl (C=O) groups is 1. The highest BCUT2D eigenvalue weighted by Crippen LogP contribution is 2.29. The lowest BCUT2D eigenvalue weighted by Crippen LogP contribution is -1.99. The minimum Gasteiger partial charge on any atom is -0.481 e. The van der Waals surface area contributed by atoms with Gasteiger partial charge in [0.2, 0.25) is 0 Å². The molecule has 2 aromatic heterocycles. The molecule has 0 atom stereocenters. The van der Waals surface area contributed by atoms with Crippen LogP contribution in [-0.2, 0) is 22.4 Å². The van der Waals surface area contributed by atoms with Crippen LogP contribution in [0.4, 0.5) is 0 Å². The Morgan fingerprint density at radius 1 is 1.61 bits per heavy atom. The number of furan rings is 1. The van der Waals surface area contributed by atoms with Gasteiger partial charge in [0.1, 0.15) is 5.69 Å². The predicted molar refractivity (Wildman–Crippen MR) is 66.7 cm³/mol. The number of methoxy groups -OCH3 is 1. The number of carboxylic acids is 1. The molecule has 5 nitrogen and oxygen atoms in total. The van der Waals surface area contributed by atoms with Crippen LogP contribution in [0.2, 0.25) is 0 Å². The van der Waals surface area contributed by atoms with Gasteiger partial charge in [-0.3, -0.25) is 4.79 Å². The third kappa shape index (κ3) is 2.96. The molecule has 0 aliphatic rings. The molecule has 0 aliphatic carbocycles. The summed E-state index contributed by atoms with van der Waals surface area (Å²) in [4.78, 5) is 16.0. The Balaban J connectivity index is 2.30. The van der Waals surface area contributed by atoms with E-state index in [-0.39, 0.29) is 6.42 Å². The van der Waals surface area contributed by atoms with Crippen LogP contribution in [0.15, 0.2) is 22.8 Å². The number of rotatable bonds is 6. The van der Waals surface area contributed by atoms with Crippen molar-refractivity contribution in [3.8, 4) is 11.5 Å². The summed E-state index contributed by atoms with van der Waals surface area (Å²) in [5.74, 6) is -0.268. The van der Waals surface area contributed by atoms with Gasteiger partial charge >= 0.3 is 5.97 Å². The van der Waals surface area contributed by atoms with E-state index in [0.717, 1.165) is 5.01 Å². The Bertz CT molecular complexity index is 518. The zero-order valence-electron chi connectivity index (χ0n) is 9.88. The Morgan fingerprint density at radius 3 is 3.06 bits per heavy atom. The molecule has 0 aliphatic heterocycles. The lowest BCUT2D eigenvalue weighted by atomic mass is 10.2. The number of thiazole rings is 1. The number of hydrogen-bond donors (Lipinski definition) is 1. The predicted octanol–water partition coefficient (Wildman–Crippen LogP) is 2.22. The monoisotopic (exact) mass is 267 g/mol. The van der Waals surface area contributed by atoms with Crippen molar-refractivity contribution < 1.29 is 19.1 Å². The molecule has 2 aromatic rings. The minimum absolute atomic E-state index is 0.0410. The van der Waals surface area contributed by atoms with E-state index < -0.39 is 5.97 Å². The molecule has 0 radical (unpaired) electrons. The van der Waals surface area contributed by atoms with Gasteiger partial charge in [0.05, 0.1) is 24.3 Å². The van der Waals surface area contributed by atoms with Crippen LogP contribution in [0, 0.1) is 0 Å². The zero-order chi connectivity index (χ0) is 13.0. The van der Waals surface area contributed by atoms with E-state index in [9.17, 15) is 4.79 Å². The summed E-state index contributed by atoms with van der Waals surface area (Å²) >= 11 is 1.39. The van der Waals surface area contributed by atoms with Gasteiger partial charge in [-0.05, 0) is 12.1 Å². The van der Waals surface area contributed by atoms with Crippen molar-refractivity contribution in [3.05, 3.63) is 28.3 Å². The minimum atomic E-state index is -0.871. The lowest BCUT2D eigenvalue weighted by Gasteiger charge is -1.94. The number of aliphatic carboxylic acids is 1. The van der Waals surface area contributed by atoms with Crippen molar-refractivity contribution in [3.63, 3.8) is 0 Å². The molecule has 1 N–H and O–H groups in total. The van der Waals surface area contributed by atoms with E-state index in [1.807, 2.05) is 0 Å². The van der Waals surface area contributed by atoms with Crippen molar-refractivity contribution in [1.82, 2.24) is 4.98 Å². The first-order valence-electron chi connectivity index (χ1n) is 5.44. The van der Waals surface area contributed by atoms with Crippen molar-refractivity contribution >= 4 is 17.3 Å². The third-order valence-electron chi connectivity index (χ3n) is 2.33. The molecule has 0 fully saturated rings. The summed E-state index contributed by atoms with van der Waals surface area (Å²) in [7, 11) is 1.62. The van der Waals surface area contributed by atoms with E-state index in [4.69, 9.17) is 14.3 Å². The Kier molecular flexibility index (Phi) is 4.11. The fourth-order valence-corrected chi connectivity index (χ4v) is 2.60. The fourth-order valence-electron chi connectivity index (χ4n) is 1.56. The van der Waals surface area contributed by atoms with Gasteiger partial charge in [-0.25, -0.2) is 4.98 Å². The third-order valence-corrected chi connectivity index (χ3v) is 3.44. The summed E-state index contributed by atoms with van der Waals surface area (Å²) in [5.41, 5.74) is 0.624. The molecule has 0 saturated carbocycles. The molecule has 0 spiro atoms. The summed E-state index contributed by atoms with van der Waals surface area (Å²) in [6.45, 7) is 0.567. The second kappa shape index (κ2) is 5.79. The first-order chi connectivity index (χ1) is 8.70. The Morgan fingerprint density at radius 2 is 2.44 bits per heavy atom. The first-order valence-corrected chi connectivity index (χ1v) is 6.25. The number of ether oxygens (including phenoxy) is 1. The van der Waals surface area contributed by atoms with Crippen molar-refractivity contribution in [1.29, 1.82) is 0 Å². The summed E-state index contributed by atoms with van der Waals surface area (Å²) in [6, 6.07) is 3.54. The van der Waals surface area contributed by atoms with Crippen LogP contribution >= 0.6 is 11.3 Å². The van der Waals surface area contributed by atoms with Crippen molar-refractivity contribution in [2.24, 2.45) is 0 Å². The number of carboxylic acid groups (broad SMARTS) is 1. The van der Waals surface area contributed by atoms with E-state index in [2.05, 4.69) is 4.98 Å². The number of aromatic nitrogens is 1. The summed E-state index contributed by atoms with van der Waals surface area (Å²) < 4.78 is 10.3. The zero-order valence-corrected chi connectivity index (χ0v) is 10.7. The first kappa shape index (κ1) is 12.8. The second-order valence-corrected chi connectivity index (χ2v) is 4.84. The molecular weight excluding hydrogens is 254 g/mol. The van der Waals surface area contributed by atoms with Gasteiger partial charge in [0.25, 0.3) is 0 Å². The normalized spacial score (nSPS) is 10.7. The van der Waals surface area contributed by atoms with Crippen LogP contribution in [0.3, 0.4) is 0 Å². The molecule has 96 valence electrons. The fraction of sp³-hybridized carbons (Fsp3) is 0.333. The lowest BCUT2D eigenvalue weighted by molar-refractivity contribution is -0.136. The average molecular weight is 267 g/mol. The van der Waals surface area contributed by atoms with E-state index >= 15 is 0 Å². The van der Waals surface area contributed by atoms with Crippen LogP contribution in [0.1, 0.15) is 9.88 Å². The molecule has 2 heterocycles. The van der Waals surface area contributed by atoms with Crippen molar-refractivity contribution in [2.45, 2.75) is 12.8 Å². The van der Waals surface area contributed by atoms with Gasteiger partial charge in [0, 0.05) is 18.4 Å². The van der Waals surface area contributed by atoms with Crippen LogP contribution < -0.4 is 0 Å². The van der Waals surface area contributed by atoms with Gasteiger partial charge < -0.3 is 14.3 Å². The van der Waals surface area contributed by atoms with E-state index in [1.54, 1.807) is 25.5 Å². The highest BCUT2D eigenvalue weighted by atomic mass is 32.1. The molecule has 0 saturated heterocycles. The Labute approximate surface area is 108 Å². The van der Waals surface area contributed by atoms with E-state index in [1.165, 1.54) is 11.3 Å². The molecular formula is C12H13NO4S. The smallest absolute Gasteiger partial charge is 0.308 e. The van der Waals surface area contributed by atoms with Gasteiger partial charge in [-0.2, -0.15) is 0 Å². The SMILES string of the molecule is COCCc1nc(-c2ccco2)c(CC(=O)O)s1. The Hall–Kier alpha value is -1.66. The maximum Gasteiger partial charge on any atom is 0.308 e. The topological polar surface area (TPSA) is 72.6 Å². The largest absolute Gasteiger partial charge is 0.481 e. The highest BCUT2D eigenvalue weighted by molar-refractivity contribution is 7.12. The second-order valence-electron chi connectivity index (χ2n) is 3.67. The molecule has 6 heteroatoms. The van der Waals surface area contributed by atoms with Crippen molar-refractivity contribution in [2.75, 3.05) is 13.7 Å².